The molecule has 2 aliphatic heterocycles. The fourth-order valence-electron chi connectivity index (χ4n) is 5.12. The number of rotatable bonds is 4. The van der Waals surface area contributed by atoms with Gasteiger partial charge < -0.3 is 14.4 Å². The Balaban J connectivity index is 1.17. The normalized spacial score (nSPS) is 24.0. The third-order valence-electron chi connectivity index (χ3n) is 6.67. The van der Waals surface area contributed by atoms with E-state index < -0.39 is 5.79 Å². The molecular formula is C24H29FN2O2. The van der Waals surface area contributed by atoms with E-state index in [1.807, 2.05) is 12.1 Å². The highest BCUT2D eigenvalue weighted by atomic mass is 19.1. The van der Waals surface area contributed by atoms with Gasteiger partial charge in [0.1, 0.15) is 5.82 Å². The van der Waals surface area contributed by atoms with Gasteiger partial charge in [0.05, 0.1) is 13.2 Å². The summed E-state index contributed by atoms with van der Waals surface area (Å²) in [6, 6.07) is 15.5. The molecule has 5 heteroatoms. The van der Waals surface area contributed by atoms with Crippen LogP contribution >= 0.6 is 0 Å². The minimum Gasteiger partial charge on any atom is -0.369 e. The van der Waals surface area contributed by atoms with Gasteiger partial charge in [0.15, 0.2) is 5.79 Å². The third kappa shape index (κ3) is 3.91. The Kier molecular flexibility index (Phi) is 5.29. The van der Waals surface area contributed by atoms with Crippen LogP contribution < -0.4 is 4.90 Å². The Labute approximate surface area is 172 Å². The van der Waals surface area contributed by atoms with Crippen molar-refractivity contribution < 1.29 is 13.9 Å². The molecule has 154 valence electrons. The van der Waals surface area contributed by atoms with Crippen molar-refractivity contribution in [2.24, 2.45) is 5.92 Å². The molecular weight excluding hydrogens is 367 g/mol. The summed E-state index contributed by atoms with van der Waals surface area (Å²) in [5.74, 6) is -0.103. The lowest BCUT2D eigenvalue weighted by Gasteiger charge is -2.40. The summed E-state index contributed by atoms with van der Waals surface area (Å²) in [7, 11) is 0. The number of hydrogen-bond donors (Lipinski definition) is 0. The highest BCUT2D eigenvalue weighted by Crippen LogP contribution is 2.45. The zero-order valence-electron chi connectivity index (χ0n) is 16.9. The number of hydrogen-bond acceptors (Lipinski definition) is 4. The molecule has 1 unspecified atom stereocenters. The molecule has 4 nitrogen and oxygen atoms in total. The first-order valence-corrected chi connectivity index (χ1v) is 10.8. The minimum absolute atomic E-state index is 0.172. The van der Waals surface area contributed by atoms with Crippen molar-refractivity contribution in [1.29, 1.82) is 0 Å². The van der Waals surface area contributed by atoms with Crippen LogP contribution in [0.5, 0.6) is 0 Å². The topological polar surface area (TPSA) is 24.9 Å². The van der Waals surface area contributed by atoms with E-state index in [0.29, 0.717) is 19.1 Å². The smallest absolute Gasteiger partial charge is 0.195 e. The van der Waals surface area contributed by atoms with E-state index in [0.717, 1.165) is 51.3 Å². The highest BCUT2D eigenvalue weighted by molar-refractivity contribution is 5.46. The number of ether oxygens (including phenoxy) is 2. The summed E-state index contributed by atoms with van der Waals surface area (Å²) < 4.78 is 25.4. The molecule has 2 heterocycles. The van der Waals surface area contributed by atoms with E-state index in [1.54, 1.807) is 12.1 Å². The van der Waals surface area contributed by atoms with Crippen molar-refractivity contribution in [1.82, 2.24) is 4.90 Å². The van der Waals surface area contributed by atoms with Gasteiger partial charge in [0, 0.05) is 43.9 Å². The predicted molar refractivity (Wildman–Crippen MR) is 112 cm³/mol. The Morgan fingerprint density at radius 1 is 0.931 bits per heavy atom. The van der Waals surface area contributed by atoms with Gasteiger partial charge in [-0.15, -0.1) is 0 Å². The van der Waals surface area contributed by atoms with Crippen molar-refractivity contribution >= 4 is 5.69 Å². The molecule has 2 aromatic rings. The van der Waals surface area contributed by atoms with Crippen LogP contribution in [0.15, 0.2) is 48.5 Å². The lowest BCUT2D eigenvalue weighted by molar-refractivity contribution is -0.184. The van der Waals surface area contributed by atoms with Crippen LogP contribution in [0.25, 0.3) is 0 Å². The Morgan fingerprint density at radius 2 is 1.66 bits per heavy atom. The quantitative estimate of drug-likeness (QED) is 0.785. The van der Waals surface area contributed by atoms with Gasteiger partial charge in [0.25, 0.3) is 0 Å². The summed E-state index contributed by atoms with van der Waals surface area (Å²) in [6.07, 6.45) is 3.24. The van der Waals surface area contributed by atoms with Crippen LogP contribution in [-0.2, 0) is 21.7 Å². The maximum absolute atomic E-state index is 13.2. The van der Waals surface area contributed by atoms with E-state index in [2.05, 4.69) is 34.1 Å². The van der Waals surface area contributed by atoms with E-state index in [9.17, 15) is 4.39 Å². The molecule has 1 spiro atoms. The lowest BCUT2D eigenvalue weighted by Crippen LogP contribution is -2.47. The van der Waals surface area contributed by atoms with Gasteiger partial charge >= 0.3 is 0 Å². The Bertz CT molecular complexity index is 827. The van der Waals surface area contributed by atoms with Crippen molar-refractivity contribution in [2.45, 2.75) is 25.0 Å². The number of halogens is 1. The zero-order chi connectivity index (χ0) is 19.7. The Hall–Kier alpha value is -1.95. The van der Waals surface area contributed by atoms with Crippen LogP contribution in [0, 0.1) is 11.7 Å². The monoisotopic (exact) mass is 396 g/mol. The molecule has 29 heavy (non-hydrogen) atoms. The second kappa shape index (κ2) is 8.05. The van der Waals surface area contributed by atoms with E-state index in [1.165, 1.54) is 17.5 Å². The van der Waals surface area contributed by atoms with E-state index in [4.69, 9.17) is 9.47 Å². The van der Waals surface area contributed by atoms with E-state index >= 15 is 0 Å². The molecule has 0 radical (unpaired) electrons. The fraction of sp³-hybridized carbons (Fsp3) is 0.500. The molecule has 0 N–H and O–H groups in total. The van der Waals surface area contributed by atoms with Crippen LogP contribution in [0.4, 0.5) is 10.1 Å². The van der Waals surface area contributed by atoms with Gasteiger partial charge in [-0.05, 0) is 55.1 Å². The first kappa shape index (κ1) is 19.0. The van der Waals surface area contributed by atoms with Gasteiger partial charge in [-0.3, -0.25) is 4.90 Å². The second-order valence-electron chi connectivity index (χ2n) is 8.48. The van der Waals surface area contributed by atoms with Crippen LogP contribution in [0.1, 0.15) is 24.0 Å². The van der Waals surface area contributed by atoms with Crippen LogP contribution in [-0.4, -0.2) is 50.8 Å². The van der Waals surface area contributed by atoms with Gasteiger partial charge in [-0.1, -0.05) is 24.3 Å². The molecule has 0 amide bonds. The number of anilines is 1. The fourth-order valence-corrected chi connectivity index (χ4v) is 5.12. The van der Waals surface area contributed by atoms with Crippen molar-refractivity contribution in [3.63, 3.8) is 0 Å². The van der Waals surface area contributed by atoms with Crippen molar-refractivity contribution in [3.8, 4) is 0 Å². The number of benzene rings is 2. The van der Waals surface area contributed by atoms with Gasteiger partial charge in [-0.2, -0.15) is 0 Å². The summed E-state index contributed by atoms with van der Waals surface area (Å²) in [6.45, 7) is 6.58. The highest BCUT2D eigenvalue weighted by Gasteiger charge is 2.45. The van der Waals surface area contributed by atoms with Crippen LogP contribution in [0.3, 0.4) is 0 Å². The van der Waals surface area contributed by atoms with Crippen LogP contribution in [0.2, 0.25) is 0 Å². The number of piperazine rings is 1. The number of fused-ring (bicyclic) bond motifs is 2. The Morgan fingerprint density at radius 3 is 2.41 bits per heavy atom. The van der Waals surface area contributed by atoms with Gasteiger partial charge in [0.2, 0.25) is 0 Å². The SMILES string of the molecule is Fc1ccc(N2CCN(CCC3Cc4ccccc4C4(C3)OCCO4)CC2)cc1. The minimum atomic E-state index is -0.513. The molecule has 0 aromatic heterocycles. The van der Waals surface area contributed by atoms with Crippen molar-refractivity contribution in [3.05, 3.63) is 65.5 Å². The molecule has 5 rings (SSSR count). The number of nitrogens with zero attached hydrogens (tertiary/aromatic N) is 2. The van der Waals surface area contributed by atoms with E-state index in [-0.39, 0.29) is 5.82 Å². The average molecular weight is 397 g/mol. The second-order valence-corrected chi connectivity index (χ2v) is 8.48. The molecule has 1 atom stereocenters. The first-order chi connectivity index (χ1) is 14.2. The molecule has 3 aliphatic rings. The lowest BCUT2D eigenvalue weighted by atomic mass is 9.78. The average Bonchev–Trinajstić information content (AvgIpc) is 3.22. The zero-order valence-corrected chi connectivity index (χ0v) is 16.9. The summed E-state index contributed by atoms with van der Waals surface area (Å²) >= 11 is 0. The first-order valence-electron chi connectivity index (χ1n) is 10.8. The molecule has 0 bridgehead atoms. The standard InChI is InChI=1S/C24H29FN2O2/c25-21-5-7-22(8-6-21)27-13-11-26(12-14-27)10-9-19-17-20-3-1-2-4-23(20)24(18-19)28-15-16-29-24/h1-8,19H,9-18H2. The molecule has 1 aliphatic carbocycles. The summed E-state index contributed by atoms with van der Waals surface area (Å²) in [4.78, 5) is 4.91. The molecule has 2 aromatic carbocycles. The maximum Gasteiger partial charge on any atom is 0.195 e. The maximum atomic E-state index is 13.2. The summed E-state index contributed by atoms with van der Waals surface area (Å²) in [5, 5.41) is 0. The largest absolute Gasteiger partial charge is 0.369 e. The van der Waals surface area contributed by atoms with Gasteiger partial charge in [-0.25, -0.2) is 4.39 Å². The third-order valence-corrected chi connectivity index (χ3v) is 6.67. The molecule has 2 saturated heterocycles. The molecule has 2 fully saturated rings. The van der Waals surface area contributed by atoms with Crippen molar-refractivity contribution in [2.75, 3.05) is 50.8 Å². The molecule has 0 saturated carbocycles. The predicted octanol–water partition coefficient (Wildman–Crippen LogP) is 3.80. The summed E-state index contributed by atoms with van der Waals surface area (Å²) in [5.41, 5.74) is 3.74.